The van der Waals surface area contributed by atoms with Crippen molar-refractivity contribution < 1.29 is 49.3 Å². The van der Waals surface area contributed by atoms with Crippen molar-refractivity contribution in [3.63, 3.8) is 0 Å². The van der Waals surface area contributed by atoms with E-state index in [0.717, 1.165) is 0 Å². The first-order valence-electron chi connectivity index (χ1n) is 8.70. The number of carbonyl (C=O) groups is 2. The Labute approximate surface area is 168 Å². The van der Waals surface area contributed by atoms with Gasteiger partial charge in [0.05, 0.1) is 30.2 Å². The average molecular weight is 468 g/mol. The van der Waals surface area contributed by atoms with Gasteiger partial charge >= 0.3 is 0 Å². The topological polar surface area (TPSA) is 166 Å². The molecule has 0 saturated carbocycles. The molecule has 8 atom stereocenters. The van der Waals surface area contributed by atoms with Crippen LogP contribution in [0.15, 0.2) is 10.7 Å². The fraction of sp³-hybridized carbons (Fsp3) is 0.750. The van der Waals surface area contributed by atoms with Gasteiger partial charge in [0, 0.05) is 12.6 Å². The predicted octanol–water partition coefficient (Wildman–Crippen LogP) is -2.68. The summed E-state index contributed by atoms with van der Waals surface area (Å²) in [5, 5.41) is 48.9. The minimum atomic E-state index is -1.58. The molecule has 0 radical (unpaired) electrons. The number of nitrogens with zero attached hydrogens (tertiary/aromatic N) is 1. The number of hydrogen-bond donors (Lipinski definition) is 5. The highest BCUT2D eigenvalue weighted by atomic mass is 79.9. The maximum Gasteiger partial charge on any atom is 0.236 e. The van der Waals surface area contributed by atoms with Crippen LogP contribution in [0, 0.1) is 0 Å². The number of Topliss-reactive ketones (excluding diaryl/α,β-unsaturated/α-hetero) is 1. The Morgan fingerprint density at radius 3 is 2.50 bits per heavy atom. The second kappa shape index (κ2) is 8.81. The molecule has 2 fully saturated rings. The maximum atomic E-state index is 12.1. The first-order valence-corrected chi connectivity index (χ1v) is 9.49. The summed E-state index contributed by atoms with van der Waals surface area (Å²) < 4.78 is 16.5. The van der Waals surface area contributed by atoms with Crippen LogP contribution in [0.4, 0.5) is 0 Å². The molecular weight excluding hydrogens is 446 g/mol. The zero-order valence-corrected chi connectivity index (χ0v) is 16.2. The van der Waals surface area contributed by atoms with Crippen LogP contribution in [0.1, 0.15) is 12.8 Å². The van der Waals surface area contributed by atoms with Crippen molar-refractivity contribution >= 4 is 27.6 Å². The quantitative estimate of drug-likeness (QED) is 0.268. The summed E-state index contributed by atoms with van der Waals surface area (Å²) in [5.74, 6) is -0.803. The Morgan fingerprint density at radius 2 is 1.82 bits per heavy atom. The molecule has 0 aromatic rings. The first kappa shape index (κ1) is 21.7. The highest BCUT2D eigenvalue weighted by molar-refractivity contribution is 9.12. The largest absolute Gasteiger partial charge is 0.394 e. The van der Waals surface area contributed by atoms with Crippen LogP contribution < -0.4 is 0 Å². The number of amides is 1. The van der Waals surface area contributed by atoms with Crippen molar-refractivity contribution in [2.24, 2.45) is 0 Å². The molecule has 1 amide bonds. The zero-order chi connectivity index (χ0) is 20.6. The molecular formula is C16H22BrNO10. The van der Waals surface area contributed by atoms with Crippen LogP contribution in [-0.2, 0) is 23.8 Å². The van der Waals surface area contributed by atoms with Crippen LogP contribution >= 0.6 is 15.9 Å². The molecule has 0 aromatic heterocycles. The van der Waals surface area contributed by atoms with E-state index in [4.69, 9.17) is 14.2 Å². The molecule has 0 bridgehead atoms. The number of aliphatic hydroxyl groups is 5. The third-order valence-electron chi connectivity index (χ3n) is 4.91. The van der Waals surface area contributed by atoms with Crippen LogP contribution in [0.5, 0.6) is 0 Å². The lowest BCUT2D eigenvalue weighted by molar-refractivity contribution is -0.306. The van der Waals surface area contributed by atoms with E-state index in [1.54, 1.807) is 0 Å². The summed E-state index contributed by atoms with van der Waals surface area (Å²) in [7, 11) is 0. The third kappa shape index (κ3) is 4.30. The zero-order valence-electron chi connectivity index (χ0n) is 14.6. The molecule has 3 aliphatic rings. The number of aliphatic hydroxyl groups excluding tert-OH is 5. The van der Waals surface area contributed by atoms with Crippen LogP contribution in [-0.4, -0.2) is 104 Å². The van der Waals surface area contributed by atoms with Gasteiger partial charge < -0.3 is 39.7 Å². The molecule has 5 N–H and O–H groups in total. The molecule has 0 aromatic carbocycles. The molecule has 3 heterocycles. The van der Waals surface area contributed by atoms with Crippen molar-refractivity contribution in [2.45, 2.75) is 62.0 Å². The van der Waals surface area contributed by atoms with Crippen molar-refractivity contribution in [1.82, 2.24) is 4.90 Å². The highest BCUT2D eigenvalue weighted by Gasteiger charge is 2.45. The summed E-state index contributed by atoms with van der Waals surface area (Å²) >= 11 is 3.08. The van der Waals surface area contributed by atoms with Gasteiger partial charge in [-0.05, 0) is 15.9 Å². The molecule has 158 valence electrons. The van der Waals surface area contributed by atoms with Gasteiger partial charge in [0.1, 0.15) is 36.7 Å². The van der Waals surface area contributed by atoms with Gasteiger partial charge in [-0.3, -0.25) is 14.5 Å². The van der Waals surface area contributed by atoms with Gasteiger partial charge in [-0.2, -0.15) is 0 Å². The molecule has 11 nitrogen and oxygen atoms in total. The highest BCUT2D eigenvalue weighted by Crippen LogP contribution is 2.29. The van der Waals surface area contributed by atoms with Crippen molar-refractivity contribution in [3.05, 3.63) is 10.7 Å². The van der Waals surface area contributed by atoms with Crippen molar-refractivity contribution in [3.8, 4) is 0 Å². The second-order valence-electron chi connectivity index (χ2n) is 6.84. The number of halogens is 1. The van der Waals surface area contributed by atoms with E-state index >= 15 is 0 Å². The fourth-order valence-electron chi connectivity index (χ4n) is 3.25. The third-order valence-corrected chi connectivity index (χ3v) is 5.55. The summed E-state index contributed by atoms with van der Waals surface area (Å²) in [6, 6.07) is 0. The summed E-state index contributed by atoms with van der Waals surface area (Å²) in [6.07, 6.45) is -8.69. The van der Waals surface area contributed by atoms with E-state index in [1.807, 2.05) is 0 Å². The monoisotopic (exact) mass is 468 g/mol. The molecule has 3 rings (SSSR count). The second-order valence-corrected chi connectivity index (χ2v) is 7.70. The maximum absolute atomic E-state index is 12.1. The summed E-state index contributed by atoms with van der Waals surface area (Å²) in [6.45, 7) is -0.835. The number of rotatable bonds is 5. The van der Waals surface area contributed by atoms with E-state index in [0.29, 0.717) is 0 Å². The van der Waals surface area contributed by atoms with E-state index in [9.17, 15) is 35.1 Å². The lowest BCUT2D eigenvalue weighted by Crippen LogP contribution is -2.59. The Kier molecular flexibility index (Phi) is 6.84. The Hall–Kier alpha value is -0.960. The number of allylic oxidation sites excluding steroid dienone is 1. The summed E-state index contributed by atoms with van der Waals surface area (Å²) in [5.41, 5.74) is 0. The number of ether oxygens (including phenoxy) is 3. The van der Waals surface area contributed by atoms with E-state index < -0.39 is 61.7 Å². The minimum Gasteiger partial charge on any atom is -0.394 e. The average Bonchev–Trinajstić information content (AvgIpc) is 3.02. The molecule has 0 spiro atoms. The van der Waals surface area contributed by atoms with Crippen LogP contribution in [0.2, 0.25) is 0 Å². The molecule has 3 aliphatic heterocycles. The standard InChI is InChI=1S/C16H22BrNO10/c17-6-3-18(11(22)1-7(6)20)12-2-8(21)10(27-12)5-26-16-15(25)14(24)13(23)9(4-19)28-16/h3,8-10,12-16,19,21,23-25H,1-2,4-5H2/t8-,9-,10-,12-,13-,14+,15-,16-/m1/s1/i17+0. The van der Waals surface area contributed by atoms with E-state index in [1.165, 1.54) is 11.1 Å². The number of ketones is 1. The SMILES string of the molecule is O=C1CC(=O)N([C@H]2C[C@@H](O)[C@@H](CO[C@@H]3O[C@H](CO)[C@@H](O)[C@H](O)[C@H]3O)O2)C=C1[80Br]. The molecule has 28 heavy (non-hydrogen) atoms. The van der Waals surface area contributed by atoms with Crippen molar-refractivity contribution in [2.75, 3.05) is 13.2 Å². The Morgan fingerprint density at radius 1 is 1.11 bits per heavy atom. The lowest BCUT2D eigenvalue weighted by atomic mass is 9.99. The van der Waals surface area contributed by atoms with Crippen LogP contribution in [0.25, 0.3) is 0 Å². The van der Waals surface area contributed by atoms with E-state index in [2.05, 4.69) is 15.9 Å². The van der Waals surface area contributed by atoms with Crippen molar-refractivity contribution in [1.29, 1.82) is 0 Å². The molecule has 12 heteroatoms. The van der Waals surface area contributed by atoms with Gasteiger partial charge in [-0.1, -0.05) is 0 Å². The lowest BCUT2D eigenvalue weighted by Gasteiger charge is -2.39. The Balaban J connectivity index is 1.58. The van der Waals surface area contributed by atoms with Gasteiger partial charge in [0.15, 0.2) is 12.1 Å². The van der Waals surface area contributed by atoms with E-state index in [-0.39, 0.29) is 29.7 Å². The summed E-state index contributed by atoms with van der Waals surface area (Å²) in [4.78, 5) is 24.8. The number of hydrogen-bond acceptors (Lipinski definition) is 10. The molecule has 0 unspecified atom stereocenters. The van der Waals surface area contributed by atoms with Gasteiger partial charge in [0.2, 0.25) is 5.91 Å². The smallest absolute Gasteiger partial charge is 0.236 e. The fourth-order valence-corrected chi connectivity index (χ4v) is 3.61. The minimum absolute atomic E-state index is 0.0828. The van der Waals surface area contributed by atoms with Gasteiger partial charge in [0.25, 0.3) is 0 Å². The predicted molar refractivity (Wildman–Crippen MR) is 92.5 cm³/mol. The first-order chi connectivity index (χ1) is 13.2. The molecule has 0 aliphatic carbocycles. The Bertz CT molecular complexity index is 643. The van der Waals surface area contributed by atoms with Gasteiger partial charge in [-0.15, -0.1) is 0 Å². The normalized spacial score (nSPS) is 42.1. The molecule has 2 saturated heterocycles. The van der Waals surface area contributed by atoms with Gasteiger partial charge in [-0.25, -0.2) is 0 Å². The van der Waals surface area contributed by atoms with Crippen LogP contribution in [0.3, 0.4) is 0 Å². The number of carbonyl (C=O) groups excluding carboxylic acids is 2.